The molecule has 0 radical (unpaired) electrons. The molecule has 1 saturated heterocycles. The lowest BCUT2D eigenvalue weighted by Gasteiger charge is -2.33. The lowest BCUT2D eigenvalue weighted by atomic mass is 9.95. The highest BCUT2D eigenvalue weighted by Crippen LogP contribution is 2.33. The van der Waals surface area contributed by atoms with Crippen molar-refractivity contribution >= 4 is 17.6 Å². The summed E-state index contributed by atoms with van der Waals surface area (Å²) in [6.07, 6.45) is 5.38. The molecule has 1 saturated carbocycles. The van der Waals surface area contributed by atoms with E-state index in [-0.39, 0.29) is 17.7 Å². The molecule has 0 bridgehead atoms. The maximum atomic E-state index is 12.8. The van der Waals surface area contributed by atoms with Gasteiger partial charge in [0.05, 0.1) is 0 Å². The van der Waals surface area contributed by atoms with Crippen molar-refractivity contribution in [1.82, 2.24) is 9.88 Å². The summed E-state index contributed by atoms with van der Waals surface area (Å²) in [5, 5.41) is 0. The minimum absolute atomic E-state index is 0.0169. The Balaban J connectivity index is 1.70. The number of carbonyl (C=O) groups is 2. The number of pyridine rings is 1. The second kappa shape index (κ2) is 5.84. The van der Waals surface area contributed by atoms with Gasteiger partial charge in [0.15, 0.2) is 0 Å². The molecule has 5 nitrogen and oxygen atoms in total. The third-order valence-electron chi connectivity index (χ3n) is 4.34. The van der Waals surface area contributed by atoms with Gasteiger partial charge >= 0.3 is 0 Å². The number of hydrogen-bond acceptors (Lipinski definition) is 3. The second-order valence-corrected chi connectivity index (χ2v) is 5.91. The number of anilines is 1. The van der Waals surface area contributed by atoms with Crippen LogP contribution in [0.1, 0.15) is 32.6 Å². The molecule has 2 aliphatic rings. The van der Waals surface area contributed by atoms with Crippen LogP contribution in [0.4, 0.5) is 5.82 Å². The van der Waals surface area contributed by atoms with Gasteiger partial charge in [-0.15, -0.1) is 0 Å². The number of likely N-dealkylation sites (tertiary alicyclic amines) is 1. The Morgan fingerprint density at radius 1 is 1.19 bits per heavy atom. The summed E-state index contributed by atoms with van der Waals surface area (Å²) in [5.74, 6) is 1.06. The van der Waals surface area contributed by atoms with Crippen molar-refractivity contribution in [2.75, 3.05) is 18.0 Å². The summed E-state index contributed by atoms with van der Waals surface area (Å²) < 4.78 is 0. The minimum Gasteiger partial charge on any atom is -0.343 e. The van der Waals surface area contributed by atoms with Gasteiger partial charge in [-0.1, -0.05) is 6.07 Å². The van der Waals surface area contributed by atoms with Crippen molar-refractivity contribution in [3.05, 3.63) is 24.4 Å². The molecule has 0 aromatic carbocycles. The van der Waals surface area contributed by atoms with E-state index in [0.717, 1.165) is 31.5 Å². The highest BCUT2D eigenvalue weighted by Gasteiger charge is 2.38. The second-order valence-electron chi connectivity index (χ2n) is 5.91. The van der Waals surface area contributed by atoms with Gasteiger partial charge in [0, 0.05) is 38.2 Å². The monoisotopic (exact) mass is 287 g/mol. The lowest BCUT2D eigenvalue weighted by molar-refractivity contribution is -0.133. The van der Waals surface area contributed by atoms with Gasteiger partial charge in [0.25, 0.3) is 0 Å². The Labute approximate surface area is 124 Å². The number of piperidine rings is 1. The van der Waals surface area contributed by atoms with E-state index in [1.165, 1.54) is 0 Å². The number of nitrogens with zero attached hydrogens (tertiary/aromatic N) is 3. The Hall–Kier alpha value is -1.91. The Bertz CT molecular complexity index is 520. The zero-order valence-electron chi connectivity index (χ0n) is 12.4. The van der Waals surface area contributed by atoms with E-state index in [9.17, 15) is 9.59 Å². The number of hydrogen-bond donors (Lipinski definition) is 0. The quantitative estimate of drug-likeness (QED) is 0.852. The molecule has 112 valence electrons. The van der Waals surface area contributed by atoms with Crippen molar-refractivity contribution in [2.45, 2.75) is 38.6 Å². The lowest BCUT2D eigenvalue weighted by Crippen LogP contribution is -2.45. The molecular weight excluding hydrogens is 266 g/mol. The van der Waals surface area contributed by atoms with Crippen LogP contribution in [0.15, 0.2) is 24.4 Å². The SMILES string of the molecule is CC(=O)N1CCC(C(=O)N(c2ccccn2)C2CC2)CC1. The predicted molar refractivity (Wildman–Crippen MR) is 79.7 cm³/mol. The number of aromatic nitrogens is 1. The first-order chi connectivity index (χ1) is 10.2. The number of carbonyl (C=O) groups excluding carboxylic acids is 2. The average Bonchev–Trinajstić information content (AvgIpc) is 3.33. The van der Waals surface area contributed by atoms with Crippen LogP contribution < -0.4 is 4.90 Å². The summed E-state index contributed by atoms with van der Waals surface area (Å²) in [5.41, 5.74) is 0. The van der Waals surface area contributed by atoms with E-state index < -0.39 is 0 Å². The van der Waals surface area contributed by atoms with E-state index in [0.29, 0.717) is 19.1 Å². The molecule has 2 amide bonds. The Morgan fingerprint density at radius 2 is 1.90 bits per heavy atom. The van der Waals surface area contributed by atoms with Crippen LogP contribution in [-0.2, 0) is 9.59 Å². The van der Waals surface area contributed by atoms with E-state index in [1.807, 2.05) is 28.0 Å². The highest BCUT2D eigenvalue weighted by atomic mass is 16.2. The molecule has 0 atom stereocenters. The zero-order valence-corrected chi connectivity index (χ0v) is 12.4. The summed E-state index contributed by atoms with van der Waals surface area (Å²) in [7, 11) is 0. The van der Waals surface area contributed by atoms with E-state index >= 15 is 0 Å². The first-order valence-electron chi connectivity index (χ1n) is 7.66. The molecule has 0 unspecified atom stereocenters. The molecule has 2 heterocycles. The highest BCUT2D eigenvalue weighted by molar-refractivity contribution is 5.95. The standard InChI is InChI=1S/C16H21N3O2/c1-12(20)18-10-7-13(8-11-18)16(21)19(14-5-6-14)15-4-2-3-9-17-15/h2-4,9,13-14H,5-8,10-11H2,1H3. The van der Waals surface area contributed by atoms with Crippen molar-refractivity contribution in [3.8, 4) is 0 Å². The molecule has 1 aromatic heterocycles. The molecule has 5 heteroatoms. The van der Waals surface area contributed by atoms with Crippen molar-refractivity contribution in [1.29, 1.82) is 0 Å². The Kier molecular flexibility index (Phi) is 3.90. The summed E-state index contributed by atoms with van der Waals surface area (Å²) in [4.78, 5) is 32.3. The number of rotatable bonds is 3. The van der Waals surface area contributed by atoms with Crippen molar-refractivity contribution in [3.63, 3.8) is 0 Å². The first kappa shape index (κ1) is 14.0. The van der Waals surface area contributed by atoms with Crippen LogP contribution >= 0.6 is 0 Å². The molecule has 1 aromatic rings. The van der Waals surface area contributed by atoms with Gasteiger partial charge in [-0.3, -0.25) is 14.5 Å². The van der Waals surface area contributed by atoms with Crippen LogP contribution in [0, 0.1) is 5.92 Å². The van der Waals surface area contributed by atoms with Gasteiger partial charge in [0.2, 0.25) is 11.8 Å². The molecule has 3 rings (SSSR count). The minimum atomic E-state index is 0.0169. The zero-order chi connectivity index (χ0) is 14.8. The Morgan fingerprint density at radius 3 is 2.43 bits per heavy atom. The maximum absolute atomic E-state index is 12.8. The van der Waals surface area contributed by atoms with E-state index in [2.05, 4.69) is 4.98 Å². The molecule has 1 aliphatic carbocycles. The molecular formula is C16H21N3O2. The van der Waals surface area contributed by atoms with E-state index in [4.69, 9.17) is 0 Å². The van der Waals surface area contributed by atoms with Gasteiger partial charge in [-0.25, -0.2) is 4.98 Å². The van der Waals surface area contributed by atoms with Crippen molar-refractivity contribution in [2.24, 2.45) is 5.92 Å². The molecule has 2 fully saturated rings. The van der Waals surface area contributed by atoms with Crippen LogP contribution in [0.3, 0.4) is 0 Å². The van der Waals surface area contributed by atoms with Gasteiger partial charge in [-0.2, -0.15) is 0 Å². The van der Waals surface area contributed by atoms with Crippen LogP contribution in [0.25, 0.3) is 0 Å². The van der Waals surface area contributed by atoms with Gasteiger partial charge in [-0.05, 0) is 37.8 Å². The molecule has 1 aliphatic heterocycles. The molecule has 21 heavy (non-hydrogen) atoms. The normalized spacial score (nSPS) is 19.4. The largest absolute Gasteiger partial charge is 0.343 e. The van der Waals surface area contributed by atoms with Gasteiger partial charge in [0.1, 0.15) is 5.82 Å². The van der Waals surface area contributed by atoms with Crippen molar-refractivity contribution < 1.29 is 9.59 Å². The summed E-state index contributed by atoms with van der Waals surface area (Å²) in [6.45, 7) is 2.96. The van der Waals surface area contributed by atoms with E-state index in [1.54, 1.807) is 13.1 Å². The third kappa shape index (κ3) is 3.06. The predicted octanol–water partition coefficient (Wildman–Crippen LogP) is 1.84. The fourth-order valence-electron chi connectivity index (χ4n) is 2.95. The van der Waals surface area contributed by atoms with Crippen LogP contribution in [0.5, 0.6) is 0 Å². The fourth-order valence-corrected chi connectivity index (χ4v) is 2.95. The third-order valence-corrected chi connectivity index (χ3v) is 4.34. The maximum Gasteiger partial charge on any atom is 0.231 e. The van der Waals surface area contributed by atoms with Gasteiger partial charge < -0.3 is 4.90 Å². The first-order valence-corrected chi connectivity index (χ1v) is 7.66. The summed E-state index contributed by atoms with van der Waals surface area (Å²) >= 11 is 0. The summed E-state index contributed by atoms with van der Waals surface area (Å²) in [6, 6.07) is 6.01. The average molecular weight is 287 g/mol. The molecule has 0 spiro atoms. The topological polar surface area (TPSA) is 53.5 Å². The molecule has 0 N–H and O–H groups in total. The van der Waals surface area contributed by atoms with Crippen LogP contribution in [0.2, 0.25) is 0 Å². The van der Waals surface area contributed by atoms with Crippen LogP contribution in [-0.4, -0.2) is 40.8 Å². The number of amides is 2. The smallest absolute Gasteiger partial charge is 0.231 e. The fraction of sp³-hybridized carbons (Fsp3) is 0.562.